The molecule has 3 rings (SSSR count). The third-order valence-electron chi connectivity index (χ3n) is 3.97. The molecule has 1 N–H and O–H groups in total. The van der Waals surface area contributed by atoms with Crippen molar-refractivity contribution in [2.24, 2.45) is 0 Å². The molecule has 0 aliphatic rings. The van der Waals surface area contributed by atoms with Crippen molar-refractivity contribution in [2.45, 2.75) is 32.7 Å². The molecule has 0 aliphatic carbocycles. The van der Waals surface area contributed by atoms with Crippen molar-refractivity contribution in [3.8, 4) is 0 Å². The zero-order chi connectivity index (χ0) is 17.8. The Labute approximate surface area is 150 Å². The molecule has 0 saturated carbocycles. The normalized spacial score (nSPS) is 11.0. The van der Waals surface area contributed by atoms with Crippen LogP contribution in [0.2, 0.25) is 5.02 Å². The van der Waals surface area contributed by atoms with Crippen molar-refractivity contribution < 1.29 is 9.21 Å². The Bertz CT molecular complexity index is 941. The number of fused-ring (bicyclic) bond motifs is 1. The van der Waals surface area contributed by atoms with Crippen molar-refractivity contribution in [1.82, 2.24) is 4.57 Å². The number of hydrogen-bond acceptors (Lipinski definition) is 3. The molecule has 0 saturated heterocycles. The summed E-state index contributed by atoms with van der Waals surface area (Å²) in [6.45, 7) is 2.37. The number of carbonyl (C=O) groups is 1. The van der Waals surface area contributed by atoms with Gasteiger partial charge >= 0.3 is 5.76 Å². The minimum Gasteiger partial charge on any atom is -0.408 e. The summed E-state index contributed by atoms with van der Waals surface area (Å²) >= 11 is 5.89. The molecule has 1 amide bonds. The van der Waals surface area contributed by atoms with Crippen LogP contribution in [0.25, 0.3) is 11.1 Å². The van der Waals surface area contributed by atoms with Gasteiger partial charge in [0.05, 0.1) is 5.52 Å². The van der Waals surface area contributed by atoms with Gasteiger partial charge in [0.25, 0.3) is 0 Å². The molecule has 6 heteroatoms. The van der Waals surface area contributed by atoms with Crippen LogP contribution in [0.15, 0.2) is 51.7 Å². The molecule has 0 spiro atoms. The van der Waals surface area contributed by atoms with Crippen molar-refractivity contribution in [3.63, 3.8) is 0 Å². The highest BCUT2D eigenvalue weighted by Crippen LogP contribution is 2.18. The SMILES string of the molecule is CCCc1ccc(NC(=O)CCn2c(=O)oc3cc(Cl)ccc32)cc1. The standard InChI is InChI=1S/C19H19ClN2O3/c1-2-3-13-4-7-15(8-5-13)21-18(23)10-11-22-16-9-6-14(20)12-17(16)25-19(22)24/h4-9,12H,2-3,10-11H2,1H3,(H,21,23). The number of carbonyl (C=O) groups excluding carboxylic acids is 1. The number of benzene rings is 2. The molecular weight excluding hydrogens is 340 g/mol. The first-order valence-electron chi connectivity index (χ1n) is 8.24. The number of anilines is 1. The summed E-state index contributed by atoms with van der Waals surface area (Å²) in [6, 6.07) is 12.8. The Balaban J connectivity index is 1.64. The van der Waals surface area contributed by atoms with Crippen molar-refractivity contribution in [3.05, 3.63) is 63.6 Å². The Hall–Kier alpha value is -2.53. The maximum Gasteiger partial charge on any atom is 0.419 e. The summed E-state index contributed by atoms with van der Waals surface area (Å²) in [6.07, 6.45) is 2.28. The molecule has 1 heterocycles. The second-order valence-corrected chi connectivity index (χ2v) is 6.31. The molecule has 25 heavy (non-hydrogen) atoms. The van der Waals surface area contributed by atoms with Gasteiger partial charge in [-0.25, -0.2) is 4.79 Å². The van der Waals surface area contributed by atoms with E-state index in [0.717, 1.165) is 18.5 Å². The molecule has 0 fully saturated rings. The monoisotopic (exact) mass is 358 g/mol. The van der Waals surface area contributed by atoms with E-state index in [1.807, 2.05) is 24.3 Å². The van der Waals surface area contributed by atoms with Gasteiger partial charge in [-0.05, 0) is 36.2 Å². The third-order valence-corrected chi connectivity index (χ3v) is 4.20. The van der Waals surface area contributed by atoms with E-state index in [4.69, 9.17) is 16.0 Å². The smallest absolute Gasteiger partial charge is 0.408 e. The van der Waals surface area contributed by atoms with E-state index in [0.29, 0.717) is 16.1 Å². The minimum atomic E-state index is -0.492. The first-order chi connectivity index (χ1) is 12.1. The lowest BCUT2D eigenvalue weighted by Crippen LogP contribution is -2.19. The van der Waals surface area contributed by atoms with E-state index in [1.54, 1.807) is 18.2 Å². The first-order valence-corrected chi connectivity index (χ1v) is 8.62. The molecule has 130 valence electrons. The van der Waals surface area contributed by atoms with Crippen LogP contribution >= 0.6 is 11.6 Å². The van der Waals surface area contributed by atoms with Gasteiger partial charge in [-0.15, -0.1) is 0 Å². The Morgan fingerprint density at radius 1 is 1.20 bits per heavy atom. The summed E-state index contributed by atoms with van der Waals surface area (Å²) < 4.78 is 6.60. The van der Waals surface area contributed by atoms with E-state index in [2.05, 4.69) is 12.2 Å². The van der Waals surface area contributed by atoms with Crippen LogP contribution in [0.4, 0.5) is 5.69 Å². The van der Waals surface area contributed by atoms with E-state index in [-0.39, 0.29) is 18.9 Å². The molecule has 3 aromatic rings. The molecule has 0 atom stereocenters. The fourth-order valence-corrected chi connectivity index (χ4v) is 2.89. The fraction of sp³-hybridized carbons (Fsp3) is 0.263. The van der Waals surface area contributed by atoms with E-state index in [9.17, 15) is 9.59 Å². The van der Waals surface area contributed by atoms with Gasteiger partial charge in [-0.3, -0.25) is 9.36 Å². The van der Waals surface area contributed by atoms with Crippen molar-refractivity contribution >= 4 is 34.3 Å². The summed E-state index contributed by atoms with van der Waals surface area (Å²) in [5, 5.41) is 3.34. The lowest BCUT2D eigenvalue weighted by Gasteiger charge is -2.07. The van der Waals surface area contributed by atoms with Gasteiger partial charge in [0.2, 0.25) is 5.91 Å². The average Bonchev–Trinajstić information content (AvgIpc) is 2.89. The molecular formula is C19H19ClN2O3. The molecule has 0 radical (unpaired) electrons. The highest BCUT2D eigenvalue weighted by molar-refractivity contribution is 6.31. The number of rotatable bonds is 6. The van der Waals surface area contributed by atoms with Crippen LogP contribution in [0, 0.1) is 0 Å². The average molecular weight is 359 g/mol. The zero-order valence-electron chi connectivity index (χ0n) is 13.9. The molecule has 0 bridgehead atoms. The molecule has 1 aromatic heterocycles. The van der Waals surface area contributed by atoms with Gasteiger partial charge in [-0.2, -0.15) is 0 Å². The van der Waals surface area contributed by atoms with Gasteiger partial charge in [0.15, 0.2) is 5.58 Å². The zero-order valence-corrected chi connectivity index (χ0v) is 14.7. The maximum atomic E-state index is 12.1. The van der Waals surface area contributed by atoms with Gasteiger partial charge in [0, 0.05) is 29.7 Å². The summed E-state index contributed by atoms with van der Waals surface area (Å²) in [5.74, 6) is -0.646. The van der Waals surface area contributed by atoms with Crippen LogP contribution in [-0.2, 0) is 17.8 Å². The fourth-order valence-electron chi connectivity index (χ4n) is 2.73. The number of amides is 1. The topological polar surface area (TPSA) is 64.2 Å². The largest absolute Gasteiger partial charge is 0.419 e. The number of aryl methyl sites for hydroxylation is 2. The van der Waals surface area contributed by atoms with Crippen LogP contribution in [-0.4, -0.2) is 10.5 Å². The summed E-state index contributed by atoms with van der Waals surface area (Å²) in [7, 11) is 0. The van der Waals surface area contributed by atoms with E-state index >= 15 is 0 Å². The van der Waals surface area contributed by atoms with Crippen LogP contribution < -0.4 is 11.1 Å². The Morgan fingerprint density at radius 2 is 1.96 bits per heavy atom. The van der Waals surface area contributed by atoms with Crippen LogP contribution in [0.5, 0.6) is 0 Å². The second-order valence-electron chi connectivity index (χ2n) is 5.88. The highest BCUT2D eigenvalue weighted by atomic mass is 35.5. The lowest BCUT2D eigenvalue weighted by atomic mass is 10.1. The quantitative estimate of drug-likeness (QED) is 0.717. The first kappa shape index (κ1) is 17.3. The van der Waals surface area contributed by atoms with E-state index < -0.39 is 5.76 Å². The van der Waals surface area contributed by atoms with Gasteiger partial charge in [0.1, 0.15) is 0 Å². The highest BCUT2D eigenvalue weighted by Gasteiger charge is 2.11. The molecule has 5 nitrogen and oxygen atoms in total. The lowest BCUT2D eigenvalue weighted by molar-refractivity contribution is -0.116. The predicted octanol–water partition coefficient (Wildman–Crippen LogP) is 4.23. The minimum absolute atomic E-state index is 0.154. The number of hydrogen-bond donors (Lipinski definition) is 1. The second kappa shape index (κ2) is 7.57. The summed E-state index contributed by atoms with van der Waals surface area (Å²) in [5.41, 5.74) is 3.05. The van der Waals surface area contributed by atoms with Gasteiger partial charge < -0.3 is 9.73 Å². The maximum absolute atomic E-state index is 12.1. The van der Waals surface area contributed by atoms with Crippen LogP contribution in [0.1, 0.15) is 25.3 Å². The number of oxazole rings is 1. The molecule has 0 unspecified atom stereocenters. The number of aromatic nitrogens is 1. The Morgan fingerprint density at radius 3 is 2.68 bits per heavy atom. The van der Waals surface area contributed by atoms with Crippen molar-refractivity contribution in [1.29, 1.82) is 0 Å². The van der Waals surface area contributed by atoms with Gasteiger partial charge in [-0.1, -0.05) is 37.1 Å². The number of nitrogens with one attached hydrogen (secondary N) is 1. The molecule has 0 aliphatic heterocycles. The van der Waals surface area contributed by atoms with Crippen molar-refractivity contribution in [2.75, 3.05) is 5.32 Å². The predicted molar refractivity (Wildman–Crippen MR) is 99.2 cm³/mol. The Kier molecular flexibility index (Phi) is 5.24. The number of halogens is 1. The number of nitrogens with zero attached hydrogens (tertiary/aromatic N) is 1. The molecule has 2 aromatic carbocycles. The third kappa shape index (κ3) is 4.12. The summed E-state index contributed by atoms with van der Waals surface area (Å²) in [4.78, 5) is 24.1. The van der Waals surface area contributed by atoms with E-state index in [1.165, 1.54) is 10.1 Å². The van der Waals surface area contributed by atoms with Crippen LogP contribution in [0.3, 0.4) is 0 Å².